The molecule has 1 aliphatic rings. The van der Waals surface area contributed by atoms with Crippen molar-refractivity contribution in [3.63, 3.8) is 0 Å². The zero-order valence-corrected chi connectivity index (χ0v) is 11.8. The second kappa shape index (κ2) is 6.55. The highest BCUT2D eigenvalue weighted by Gasteiger charge is 2.17. The summed E-state index contributed by atoms with van der Waals surface area (Å²) in [6.45, 7) is 0. The third-order valence-corrected chi connectivity index (χ3v) is 3.87. The molecule has 0 bridgehead atoms. The van der Waals surface area contributed by atoms with Crippen LogP contribution in [0.5, 0.6) is 0 Å². The minimum atomic E-state index is -0.201. The Kier molecular flexibility index (Phi) is 5.04. The number of hydrogen-bond acceptors (Lipinski definition) is 2. The van der Waals surface area contributed by atoms with E-state index in [1.807, 2.05) is 0 Å². The van der Waals surface area contributed by atoms with Crippen LogP contribution in [0.1, 0.15) is 50.3 Å². The van der Waals surface area contributed by atoms with Gasteiger partial charge in [0.1, 0.15) is 0 Å². The first kappa shape index (κ1) is 13.9. The van der Waals surface area contributed by atoms with E-state index in [0.29, 0.717) is 10.0 Å². The van der Waals surface area contributed by atoms with Crippen LogP contribution in [0.2, 0.25) is 10.0 Å². The Balaban J connectivity index is 2.20. The van der Waals surface area contributed by atoms with E-state index in [4.69, 9.17) is 28.9 Å². The molecule has 0 saturated carbocycles. The van der Waals surface area contributed by atoms with Crippen LogP contribution in [0.4, 0.5) is 0 Å². The zero-order valence-electron chi connectivity index (χ0n) is 10.3. The van der Waals surface area contributed by atoms with Gasteiger partial charge in [-0.2, -0.15) is 0 Å². The molecule has 0 saturated heterocycles. The Hall–Kier alpha value is -0.570. The van der Waals surface area contributed by atoms with Gasteiger partial charge in [0.2, 0.25) is 0 Å². The van der Waals surface area contributed by atoms with Crippen LogP contribution in [0.15, 0.2) is 23.9 Å². The summed E-state index contributed by atoms with van der Waals surface area (Å²) in [6.07, 6.45) is 11.1. The van der Waals surface area contributed by atoms with Crippen LogP contribution in [0.25, 0.3) is 0 Å². The first-order chi connectivity index (χ1) is 8.68. The normalized spacial score (nSPS) is 18.7. The molecule has 4 heteroatoms. The fourth-order valence-corrected chi connectivity index (χ4v) is 2.83. The molecule has 0 spiro atoms. The fourth-order valence-electron chi connectivity index (χ4n) is 2.33. The third kappa shape index (κ3) is 3.47. The molecule has 1 aromatic heterocycles. The molecule has 0 aromatic carbocycles. The van der Waals surface area contributed by atoms with Crippen LogP contribution in [-0.4, -0.2) is 4.98 Å². The molecule has 0 amide bonds. The van der Waals surface area contributed by atoms with Gasteiger partial charge in [-0.05, 0) is 31.7 Å². The average molecular weight is 285 g/mol. The molecule has 1 atom stereocenters. The molecule has 0 fully saturated rings. The SMILES string of the molecule is NC(C1=CCCCCCC1)c1ncc(Cl)cc1Cl. The molecular formula is C14H18Cl2N2. The van der Waals surface area contributed by atoms with Gasteiger partial charge in [-0.25, -0.2) is 0 Å². The number of aromatic nitrogens is 1. The van der Waals surface area contributed by atoms with Crippen molar-refractivity contribution in [2.45, 2.75) is 44.6 Å². The van der Waals surface area contributed by atoms with E-state index in [1.165, 1.54) is 31.3 Å². The molecule has 18 heavy (non-hydrogen) atoms. The Morgan fingerprint density at radius 2 is 1.94 bits per heavy atom. The fraction of sp³-hybridized carbons (Fsp3) is 0.500. The van der Waals surface area contributed by atoms with Crippen molar-refractivity contribution in [3.05, 3.63) is 39.7 Å². The summed E-state index contributed by atoms with van der Waals surface area (Å²) in [5, 5.41) is 1.10. The molecule has 0 radical (unpaired) electrons. The van der Waals surface area contributed by atoms with Crippen molar-refractivity contribution in [2.24, 2.45) is 5.73 Å². The monoisotopic (exact) mass is 284 g/mol. The van der Waals surface area contributed by atoms with Crippen LogP contribution in [0.3, 0.4) is 0 Å². The van der Waals surface area contributed by atoms with Gasteiger partial charge in [0.15, 0.2) is 0 Å². The maximum atomic E-state index is 6.28. The molecule has 2 rings (SSSR count). The summed E-state index contributed by atoms with van der Waals surface area (Å²) >= 11 is 12.0. The maximum Gasteiger partial charge on any atom is 0.0799 e. The predicted octanol–water partition coefficient (Wildman–Crippen LogP) is 4.67. The summed E-state index contributed by atoms with van der Waals surface area (Å²) < 4.78 is 0. The van der Waals surface area contributed by atoms with Gasteiger partial charge in [0.25, 0.3) is 0 Å². The van der Waals surface area contributed by atoms with Crippen molar-refractivity contribution in [2.75, 3.05) is 0 Å². The number of rotatable bonds is 2. The quantitative estimate of drug-likeness (QED) is 0.802. The molecule has 1 heterocycles. The zero-order chi connectivity index (χ0) is 13.0. The van der Waals surface area contributed by atoms with Crippen molar-refractivity contribution in [3.8, 4) is 0 Å². The minimum absolute atomic E-state index is 0.201. The number of nitrogens with zero attached hydrogens (tertiary/aromatic N) is 1. The number of pyridine rings is 1. The van der Waals surface area contributed by atoms with Crippen molar-refractivity contribution in [1.29, 1.82) is 0 Å². The van der Waals surface area contributed by atoms with Crippen molar-refractivity contribution < 1.29 is 0 Å². The Morgan fingerprint density at radius 1 is 1.17 bits per heavy atom. The molecule has 98 valence electrons. The van der Waals surface area contributed by atoms with Gasteiger partial charge in [0.05, 0.1) is 21.8 Å². The maximum absolute atomic E-state index is 6.28. The van der Waals surface area contributed by atoms with Gasteiger partial charge < -0.3 is 5.73 Å². The first-order valence-electron chi connectivity index (χ1n) is 6.44. The average Bonchev–Trinajstić information content (AvgIpc) is 2.27. The molecule has 1 unspecified atom stereocenters. The summed E-state index contributed by atoms with van der Waals surface area (Å²) in [5.74, 6) is 0. The molecule has 1 aliphatic carbocycles. The van der Waals surface area contributed by atoms with E-state index in [1.54, 1.807) is 12.3 Å². The summed E-state index contributed by atoms with van der Waals surface area (Å²) in [5.41, 5.74) is 8.27. The van der Waals surface area contributed by atoms with Crippen LogP contribution in [0, 0.1) is 0 Å². The second-order valence-electron chi connectivity index (χ2n) is 4.73. The highest BCUT2D eigenvalue weighted by Crippen LogP contribution is 2.30. The topological polar surface area (TPSA) is 38.9 Å². The number of nitrogens with two attached hydrogens (primary N) is 1. The third-order valence-electron chi connectivity index (χ3n) is 3.36. The van der Waals surface area contributed by atoms with Gasteiger partial charge >= 0.3 is 0 Å². The second-order valence-corrected chi connectivity index (χ2v) is 5.57. The van der Waals surface area contributed by atoms with E-state index in [9.17, 15) is 0 Å². The van der Waals surface area contributed by atoms with Crippen LogP contribution in [-0.2, 0) is 0 Å². The Bertz CT molecular complexity index is 443. The number of hydrogen-bond donors (Lipinski definition) is 1. The summed E-state index contributed by atoms with van der Waals surface area (Å²) in [4.78, 5) is 4.28. The number of halogens is 2. The first-order valence-corrected chi connectivity index (χ1v) is 7.19. The molecule has 1 aromatic rings. The lowest BCUT2D eigenvalue weighted by molar-refractivity contribution is 0.599. The smallest absolute Gasteiger partial charge is 0.0799 e. The molecular weight excluding hydrogens is 267 g/mol. The van der Waals surface area contributed by atoms with E-state index in [-0.39, 0.29) is 6.04 Å². The van der Waals surface area contributed by atoms with Crippen molar-refractivity contribution in [1.82, 2.24) is 4.98 Å². The van der Waals surface area contributed by atoms with Crippen molar-refractivity contribution >= 4 is 23.2 Å². The highest BCUT2D eigenvalue weighted by molar-refractivity contribution is 6.34. The highest BCUT2D eigenvalue weighted by atomic mass is 35.5. The summed E-state index contributed by atoms with van der Waals surface area (Å²) in [6, 6.07) is 1.50. The molecule has 2 nitrogen and oxygen atoms in total. The Morgan fingerprint density at radius 3 is 2.72 bits per heavy atom. The van der Waals surface area contributed by atoms with E-state index < -0.39 is 0 Å². The van der Waals surface area contributed by atoms with E-state index in [2.05, 4.69) is 11.1 Å². The molecule has 0 aliphatic heterocycles. The van der Waals surface area contributed by atoms with E-state index >= 15 is 0 Å². The molecule has 2 N–H and O–H groups in total. The Labute approximate surface area is 118 Å². The lowest BCUT2D eigenvalue weighted by atomic mass is 9.93. The van der Waals surface area contributed by atoms with Crippen LogP contribution < -0.4 is 5.73 Å². The lowest BCUT2D eigenvalue weighted by Gasteiger charge is -2.19. The van der Waals surface area contributed by atoms with Gasteiger partial charge in [0, 0.05) is 6.20 Å². The van der Waals surface area contributed by atoms with Gasteiger partial charge in [-0.15, -0.1) is 0 Å². The lowest BCUT2D eigenvalue weighted by Crippen LogP contribution is -2.16. The number of allylic oxidation sites excluding steroid dienone is 1. The minimum Gasteiger partial charge on any atom is -0.319 e. The van der Waals surface area contributed by atoms with Crippen LogP contribution >= 0.6 is 23.2 Å². The summed E-state index contributed by atoms with van der Waals surface area (Å²) in [7, 11) is 0. The van der Waals surface area contributed by atoms with Gasteiger partial charge in [-0.1, -0.05) is 47.7 Å². The largest absolute Gasteiger partial charge is 0.319 e. The predicted molar refractivity (Wildman–Crippen MR) is 77.0 cm³/mol. The van der Waals surface area contributed by atoms with Gasteiger partial charge in [-0.3, -0.25) is 4.98 Å². The van der Waals surface area contributed by atoms with E-state index in [0.717, 1.165) is 18.5 Å². The standard InChI is InChI=1S/C14H18Cl2N2/c15-11-8-12(16)14(18-9-11)13(17)10-6-4-2-1-3-5-7-10/h6,8-9,13H,1-5,7,17H2.